The van der Waals surface area contributed by atoms with Gasteiger partial charge < -0.3 is 4.43 Å². The van der Waals surface area contributed by atoms with E-state index in [-0.39, 0.29) is 28.9 Å². The number of benzene rings is 2. The highest BCUT2D eigenvalue weighted by atomic mass is 32.2. The van der Waals surface area contributed by atoms with Crippen molar-refractivity contribution in [3.63, 3.8) is 0 Å². The molecule has 0 spiro atoms. The number of hydrogen-bond acceptors (Lipinski definition) is 4. The third kappa shape index (κ3) is 4.43. The van der Waals surface area contributed by atoms with Crippen molar-refractivity contribution < 1.29 is 12.8 Å². The van der Waals surface area contributed by atoms with Crippen molar-refractivity contribution in [2.45, 2.75) is 69.1 Å². The number of nitrogens with zero attached hydrogens (tertiary/aromatic N) is 2. The molecule has 0 amide bonds. The first kappa shape index (κ1) is 23.5. The van der Waals surface area contributed by atoms with Crippen molar-refractivity contribution in [3.8, 4) is 6.07 Å². The molecule has 1 aliphatic heterocycles. The van der Waals surface area contributed by atoms with Crippen molar-refractivity contribution in [1.29, 1.82) is 5.26 Å². The van der Waals surface area contributed by atoms with Gasteiger partial charge in [-0.05, 0) is 48.8 Å². The Bertz CT molecular complexity index is 1080. The van der Waals surface area contributed by atoms with E-state index >= 15 is 0 Å². The van der Waals surface area contributed by atoms with E-state index in [4.69, 9.17) is 4.43 Å². The molecule has 0 unspecified atom stereocenters. The Morgan fingerprint density at radius 3 is 2.29 bits per heavy atom. The van der Waals surface area contributed by atoms with E-state index in [2.05, 4.69) is 39.9 Å². The number of aryl methyl sites for hydroxylation is 1. The number of rotatable bonds is 6. The van der Waals surface area contributed by atoms with Gasteiger partial charge in [0.15, 0.2) is 8.32 Å². The zero-order valence-corrected chi connectivity index (χ0v) is 21.0. The number of sulfonamides is 1. The Balaban J connectivity index is 2.08. The highest BCUT2D eigenvalue weighted by Gasteiger charge is 2.46. The lowest BCUT2D eigenvalue weighted by atomic mass is 9.93. The van der Waals surface area contributed by atoms with Crippen molar-refractivity contribution in [2.75, 3.05) is 10.9 Å². The summed E-state index contributed by atoms with van der Waals surface area (Å²) in [7, 11) is -5.92. The molecule has 0 radical (unpaired) electrons. The van der Waals surface area contributed by atoms with Crippen LogP contribution in [0, 0.1) is 18.3 Å². The summed E-state index contributed by atoms with van der Waals surface area (Å²) in [6.45, 7) is 13.0. The van der Waals surface area contributed by atoms with Gasteiger partial charge in [0, 0.05) is 12.3 Å². The van der Waals surface area contributed by atoms with E-state index in [0.29, 0.717) is 5.69 Å². The predicted molar refractivity (Wildman–Crippen MR) is 127 cm³/mol. The second-order valence-electron chi connectivity index (χ2n) is 9.78. The molecule has 2 aromatic carbocycles. The summed E-state index contributed by atoms with van der Waals surface area (Å²) in [6.07, 6.45) is 0.239. The molecule has 1 heterocycles. The van der Waals surface area contributed by atoms with Gasteiger partial charge in [0.25, 0.3) is 10.0 Å². The summed E-state index contributed by atoms with van der Waals surface area (Å²) in [4.78, 5) is 0.253. The van der Waals surface area contributed by atoms with E-state index in [0.717, 1.165) is 11.1 Å². The summed E-state index contributed by atoms with van der Waals surface area (Å²) < 4.78 is 35.6. The highest BCUT2D eigenvalue weighted by molar-refractivity contribution is 7.92. The first-order valence-electron chi connectivity index (χ1n) is 10.6. The van der Waals surface area contributed by atoms with Crippen molar-refractivity contribution in [3.05, 3.63) is 59.7 Å². The lowest BCUT2D eigenvalue weighted by molar-refractivity contribution is 0.254. The molecule has 166 valence electrons. The molecular weight excluding hydrogens is 424 g/mol. The molecule has 2 aromatic rings. The van der Waals surface area contributed by atoms with Crippen LogP contribution in [0.2, 0.25) is 18.1 Å². The van der Waals surface area contributed by atoms with Crippen LogP contribution in [0.1, 0.15) is 44.2 Å². The standard InChI is InChI=1S/C24H32N2O3SSi/c1-18-11-13-19(14-12-18)30(27,28)26-22-10-8-7-9-20(22)21(15-16-25)23(26)17-29-31(5,6)24(2,3)4/h7-14,21,23H,15,17H2,1-6H3/t21-,23+/m1/s1. The van der Waals surface area contributed by atoms with Crippen LogP contribution in [0.3, 0.4) is 0 Å². The molecular formula is C24H32N2O3SSi. The fourth-order valence-electron chi connectivity index (χ4n) is 3.72. The minimum absolute atomic E-state index is 0.00381. The largest absolute Gasteiger partial charge is 0.415 e. The number of fused-ring (bicyclic) bond motifs is 1. The molecule has 1 aliphatic rings. The van der Waals surface area contributed by atoms with Crippen LogP contribution in [0.25, 0.3) is 0 Å². The number of para-hydroxylation sites is 1. The molecule has 0 N–H and O–H groups in total. The molecule has 5 nitrogen and oxygen atoms in total. The minimum Gasteiger partial charge on any atom is -0.415 e. The zero-order valence-electron chi connectivity index (χ0n) is 19.2. The average molecular weight is 457 g/mol. The summed E-state index contributed by atoms with van der Waals surface area (Å²) in [6, 6.07) is 16.2. The normalized spacial score (nSPS) is 19.2. The lowest BCUT2D eigenvalue weighted by Crippen LogP contribution is -2.48. The van der Waals surface area contributed by atoms with Crippen LogP contribution < -0.4 is 4.31 Å². The Morgan fingerprint density at radius 2 is 1.71 bits per heavy atom. The van der Waals surface area contributed by atoms with Gasteiger partial charge in [0.2, 0.25) is 0 Å². The topological polar surface area (TPSA) is 70.4 Å². The van der Waals surface area contributed by atoms with Crippen molar-refractivity contribution in [1.82, 2.24) is 0 Å². The monoisotopic (exact) mass is 456 g/mol. The average Bonchev–Trinajstić information content (AvgIpc) is 3.00. The molecule has 3 rings (SSSR count). The highest BCUT2D eigenvalue weighted by Crippen LogP contribution is 2.46. The van der Waals surface area contributed by atoms with Crippen LogP contribution in [-0.2, 0) is 14.4 Å². The van der Waals surface area contributed by atoms with E-state index in [1.807, 2.05) is 43.3 Å². The molecule has 0 saturated heterocycles. The second-order valence-corrected chi connectivity index (χ2v) is 16.4. The number of nitriles is 1. The second kappa shape index (κ2) is 8.42. The maximum absolute atomic E-state index is 13.8. The molecule has 0 aliphatic carbocycles. The van der Waals surface area contributed by atoms with Gasteiger partial charge in [0.1, 0.15) is 0 Å². The number of anilines is 1. The summed E-state index contributed by atoms with van der Waals surface area (Å²) >= 11 is 0. The Labute approximate surface area is 187 Å². The smallest absolute Gasteiger partial charge is 0.264 e. The lowest BCUT2D eigenvalue weighted by Gasteiger charge is -2.39. The van der Waals surface area contributed by atoms with Gasteiger partial charge in [-0.1, -0.05) is 56.7 Å². The van der Waals surface area contributed by atoms with Gasteiger partial charge in [-0.3, -0.25) is 4.31 Å². The third-order valence-corrected chi connectivity index (χ3v) is 13.0. The molecule has 7 heteroatoms. The maximum Gasteiger partial charge on any atom is 0.264 e. The first-order valence-corrected chi connectivity index (χ1v) is 15.0. The van der Waals surface area contributed by atoms with Crippen LogP contribution in [0.15, 0.2) is 53.4 Å². The quantitative estimate of drug-likeness (QED) is 0.531. The van der Waals surface area contributed by atoms with Crippen molar-refractivity contribution in [2.24, 2.45) is 0 Å². The Kier molecular flexibility index (Phi) is 6.39. The van der Waals surface area contributed by atoms with E-state index in [1.165, 1.54) is 4.31 Å². The van der Waals surface area contributed by atoms with Gasteiger partial charge in [-0.25, -0.2) is 8.42 Å². The van der Waals surface area contributed by atoms with Crippen LogP contribution >= 0.6 is 0 Å². The van der Waals surface area contributed by atoms with Gasteiger partial charge in [-0.15, -0.1) is 0 Å². The van der Waals surface area contributed by atoms with Gasteiger partial charge >= 0.3 is 0 Å². The van der Waals surface area contributed by atoms with Gasteiger partial charge in [0.05, 0.1) is 29.3 Å². The van der Waals surface area contributed by atoms with Crippen molar-refractivity contribution >= 4 is 24.0 Å². The van der Waals surface area contributed by atoms with E-state index in [9.17, 15) is 13.7 Å². The molecule has 0 bridgehead atoms. The van der Waals surface area contributed by atoms with Gasteiger partial charge in [-0.2, -0.15) is 5.26 Å². The third-order valence-electron chi connectivity index (χ3n) is 6.65. The fraction of sp³-hybridized carbons (Fsp3) is 0.458. The Morgan fingerprint density at radius 1 is 1.10 bits per heavy atom. The first-order chi connectivity index (χ1) is 14.4. The van der Waals surface area contributed by atoms with E-state index in [1.54, 1.807) is 12.1 Å². The van der Waals surface area contributed by atoms with Crippen LogP contribution in [0.5, 0.6) is 0 Å². The molecule has 2 atom stereocenters. The zero-order chi connectivity index (χ0) is 23.0. The molecule has 0 aromatic heterocycles. The van der Waals surface area contributed by atoms with Crippen LogP contribution in [0.4, 0.5) is 5.69 Å². The summed E-state index contributed by atoms with van der Waals surface area (Å²) in [5.41, 5.74) is 2.54. The van der Waals surface area contributed by atoms with Crippen LogP contribution in [-0.4, -0.2) is 29.4 Å². The fourth-order valence-corrected chi connectivity index (χ4v) is 6.44. The van der Waals surface area contributed by atoms with E-state index < -0.39 is 24.4 Å². The summed E-state index contributed by atoms with van der Waals surface area (Å²) in [5, 5.41) is 9.52. The summed E-state index contributed by atoms with van der Waals surface area (Å²) in [5.74, 6) is -0.230. The molecule has 0 fully saturated rings. The SMILES string of the molecule is Cc1ccc(S(=O)(=O)N2c3ccccc3[C@@H](CC#N)[C@@H]2CO[Si](C)(C)C(C)(C)C)cc1. The molecule has 31 heavy (non-hydrogen) atoms. The molecule has 0 saturated carbocycles. The minimum atomic E-state index is -3.81. The predicted octanol–water partition coefficient (Wildman–Crippen LogP) is 5.59. The Hall–Kier alpha value is -2.14. The number of hydrogen-bond donors (Lipinski definition) is 0. The maximum atomic E-state index is 13.8.